The first kappa shape index (κ1) is 13.8. The monoisotopic (exact) mass is 266 g/mol. The molecule has 0 aromatic heterocycles. The third kappa shape index (κ3) is 3.66. The van der Waals surface area contributed by atoms with Gasteiger partial charge in [0.15, 0.2) is 0 Å². The molecule has 5 heteroatoms. The second-order valence-electron chi connectivity index (χ2n) is 5.44. The molecule has 19 heavy (non-hydrogen) atoms. The summed E-state index contributed by atoms with van der Waals surface area (Å²) >= 11 is 0. The summed E-state index contributed by atoms with van der Waals surface area (Å²) in [5, 5.41) is 14.0. The van der Waals surface area contributed by atoms with E-state index in [2.05, 4.69) is 12.2 Å². The van der Waals surface area contributed by atoms with Crippen LogP contribution in [0.5, 0.6) is 0 Å². The summed E-state index contributed by atoms with van der Waals surface area (Å²) in [7, 11) is 0. The van der Waals surface area contributed by atoms with Gasteiger partial charge >= 0.3 is 0 Å². The lowest BCUT2D eigenvalue weighted by atomic mass is 9.82. The second kappa shape index (κ2) is 5.99. The van der Waals surface area contributed by atoms with Crippen LogP contribution in [0.4, 0.5) is 15.8 Å². The summed E-state index contributed by atoms with van der Waals surface area (Å²) in [4.78, 5) is 10.3. The fourth-order valence-electron chi connectivity index (χ4n) is 2.80. The summed E-state index contributed by atoms with van der Waals surface area (Å²) in [5.74, 6) is 0.695. The van der Waals surface area contributed by atoms with Crippen LogP contribution in [-0.2, 0) is 0 Å². The van der Waals surface area contributed by atoms with Crippen LogP contribution < -0.4 is 5.32 Å². The molecular weight excluding hydrogens is 247 g/mol. The molecule has 1 saturated carbocycles. The largest absolute Gasteiger partial charge is 0.379 e. The maximum Gasteiger partial charge on any atom is 0.295 e. The van der Waals surface area contributed by atoms with Crippen molar-refractivity contribution in [2.45, 2.75) is 32.6 Å². The number of nitrogens with one attached hydrogen (secondary N) is 1. The second-order valence-corrected chi connectivity index (χ2v) is 5.44. The SMILES string of the molecule is CC1CCCC(CNc2ccc(F)cc2[N+](=O)[O-])C1. The number of rotatable bonds is 4. The van der Waals surface area contributed by atoms with Gasteiger partial charge in [0.25, 0.3) is 5.69 Å². The molecule has 0 bridgehead atoms. The topological polar surface area (TPSA) is 55.2 Å². The van der Waals surface area contributed by atoms with E-state index in [1.54, 1.807) is 0 Å². The van der Waals surface area contributed by atoms with E-state index in [0.717, 1.165) is 31.4 Å². The molecule has 2 unspecified atom stereocenters. The molecule has 0 aliphatic heterocycles. The van der Waals surface area contributed by atoms with Gasteiger partial charge in [-0.1, -0.05) is 19.8 Å². The minimum atomic E-state index is -0.580. The fourth-order valence-corrected chi connectivity index (χ4v) is 2.80. The number of nitro benzene ring substituents is 1. The average Bonchev–Trinajstić information content (AvgIpc) is 2.37. The van der Waals surface area contributed by atoms with Crippen molar-refractivity contribution in [1.82, 2.24) is 0 Å². The standard InChI is InChI=1S/C14H19FN2O2/c1-10-3-2-4-11(7-10)9-16-13-6-5-12(15)8-14(13)17(18)19/h5-6,8,10-11,16H,2-4,7,9H2,1H3. The zero-order valence-corrected chi connectivity index (χ0v) is 11.1. The van der Waals surface area contributed by atoms with Crippen LogP contribution in [0.2, 0.25) is 0 Å². The highest BCUT2D eigenvalue weighted by molar-refractivity contribution is 5.61. The van der Waals surface area contributed by atoms with Gasteiger partial charge in [-0.05, 0) is 36.8 Å². The lowest BCUT2D eigenvalue weighted by Crippen LogP contribution is -2.21. The van der Waals surface area contributed by atoms with Crippen LogP contribution in [0.3, 0.4) is 0 Å². The van der Waals surface area contributed by atoms with E-state index in [1.165, 1.54) is 25.0 Å². The fraction of sp³-hybridized carbons (Fsp3) is 0.571. The summed E-state index contributed by atoms with van der Waals surface area (Å²) in [5.41, 5.74) is 0.216. The van der Waals surface area contributed by atoms with Crippen LogP contribution in [0, 0.1) is 27.8 Å². The summed E-state index contributed by atoms with van der Waals surface area (Å²) in [6.45, 7) is 2.96. The van der Waals surface area contributed by atoms with E-state index < -0.39 is 10.7 Å². The number of nitrogens with zero attached hydrogens (tertiary/aromatic N) is 1. The number of hydrogen-bond acceptors (Lipinski definition) is 3. The Balaban J connectivity index is 2.01. The summed E-state index contributed by atoms with van der Waals surface area (Å²) in [6, 6.07) is 3.66. The maximum atomic E-state index is 13.0. The molecule has 2 rings (SSSR count). The molecule has 2 atom stereocenters. The van der Waals surface area contributed by atoms with Crippen molar-refractivity contribution in [2.24, 2.45) is 11.8 Å². The Bertz CT molecular complexity index is 465. The van der Waals surface area contributed by atoms with Crippen molar-refractivity contribution in [2.75, 3.05) is 11.9 Å². The molecule has 104 valence electrons. The average molecular weight is 266 g/mol. The molecule has 1 aromatic rings. The molecule has 1 aliphatic rings. The van der Waals surface area contributed by atoms with Crippen LogP contribution in [-0.4, -0.2) is 11.5 Å². The predicted molar refractivity (Wildman–Crippen MR) is 72.7 cm³/mol. The first-order chi connectivity index (χ1) is 9.06. The zero-order chi connectivity index (χ0) is 13.8. The molecule has 0 radical (unpaired) electrons. The van der Waals surface area contributed by atoms with Gasteiger partial charge < -0.3 is 5.32 Å². The van der Waals surface area contributed by atoms with E-state index in [0.29, 0.717) is 11.6 Å². The highest BCUT2D eigenvalue weighted by Crippen LogP contribution is 2.30. The lowest BCUT2D eigenvalue weighted by Gasteiger charge is -2.27. The van der Waals surface area contributed by atoms with Crippen molar-refractivity contribution in [3.63, 3.8) is 0 Å². The van der Waals surface area contributed by atoms with Crippen LogP contribution in [0.25, 0.3) is 0 Å². The van der Waals surface area contributed by atoms with Gasteiger partial charge in [-0.25, -0.2) is 4.39 Å². The van der Waals surface area contributed by atoms with Crippen molar-refractivity contribution in [1.29, 1.82) is 0 Å². The van der Waals surface area contributed by atoms with Gasteiger partial charge in [0, 0.05) is 6.54 Å². The molecule has 0 amide bonds. The summed E-state index contributed by atoms with van der Waals surface area (Å²) in [6.07, 6.45) is 4.81. The first-order valence-corrected chi connectivity index (χ1v) is 6.74. The normalized spacial score (nSPS) is 23.1. The van der Waals surface area contributed by atoms with Crippen LogP contribution in [0.1, 0.15) is 32.6 Å². The van der Waals surface area contributed by atoms with Crippen LogP contribution >= 0.6 is 0 Å². The van der Waals surface area contributed by atoms with E-state index in [4.69, 9.17) is 0 Å². The Labute approximate surface area is 112 Å². The van der Waals surface area contributed by atoms with E-state index in [1.807, 2.05) is 0 Å². The van der Waals surface area contributed by atoms with Crippen molar-refractivity contribution >= 4 is 11.4 Å². The van der Waals surface area contributed by atoms with E-state index >= 15 is 0 Å². The number of hydrogen-bond donors (Lipinski definition) is 1. The number of benzene rings is 1. The third-order valence-corrected chi connectivity index (χ3v) is 3.78. The molecular formula is C14H19FN2O2. The van der Waals surface area contributed by atoms with Gasteiger partial charge in [-0.15, -0.1) is 0 Å². The minimum absolute atomic E-state index is 0.191. The Morgan fingerprint density at radius 3 is 2.95 bits per heavy atom. The van der Waals surface area contributed by atoms with E-state index in [-0.39, 0.29) is 5.69 Å². The molecule has 1 N–H and O–H groups in total. The van der Waals surface area contributed by atoms with Crippen molar-refractivity contribution in [3.8, 4) is 0 Å². The molecule has 0 heterocycles. The van der Waals surface area contributed by atoms with Gasteiger partial charge in [0.1, 0.15) is 11.5 Å². The molecule has 4 nitrogen and oxygen atoms in total. The van der Waals surface area contributed by atoms with Crippen molar-refractivity contribution in [3.05, 3.63) is 34.1 Å². The number of halogens is 1. The molecule has 1 fully saturated rings. The van der Waals surface area contributed by atoms with Crippen molar-refractivity contribution < 1.29 is 9.31 Å². The Morgan fingerprint density at radius 2 is 2.26 bits per heavy atom. The third-order valence-electron chi connectivity index (χ3n) is 3.78. The first-order valence-electron chi connectivity index (χ1n) is 6.74. The number of nitro groups is 1. The molecule has 1 aliphatic carbocycles. The number of anilines is 1. The predicted octanol–water partition coefficient (Wildman–Crippen LogP) is 3.97. The van der Waals surface area contributed by atoms with E-state index in [9.17, 15) is 14.5 Å². The summed E-state index contributed by atoms with van der Waals surface area (Å²) < 4.78 is 13.0. The smallest absolute Gasteiger partial charge is 0.295 e. The molecule has 0 spiro atoms. The molecule has 0 saturated heterocycles. The minimum Gasteiger partial charge on any atom is -0.379 e. The highest BCUT2D eigenvalue weighted by Gasteiger charge is 2.20. The lowest BCUT2D eigenvalue weighted by molar-refractivity contribution is -0.384. The van der Waals surface area contributed by atoms with Gasteiger partial charge in [-0.2, -0.15) is 0 Å². The Kier molecular flexibility index (Phi) is 4.35. The Hall–Kier alpha value is -1.65. The maximum absolute atomic E-state index is 13.0. The van der Waals surface area contributed by atoms with Gasteiger partial charge in [0.05, 0.1) is 11.0 Å². The van der Waals surface area contributed by atoms with Gasteiger partial charge in [-0.3, -0.25) is 10.1 Å². The van der Waals surface area contributed by atoms with Gasteiger partial charge in [0.2, 0.25) is 0 Å². The van der Waals surface area contributed by atoms with Crippen LogP contribution in [0.15, 0.2) is 18.2 Å². The Morgan fingerprint density at radius 1 is 1.47 bits per heavy atom. The quantitative estimate of drug-likeness (QED) is 0.662. The zero-order valence-electron chi connectivity index (χ0n) is 11.1. The highest BCUT2D eigenvalue weighted by atomic mass is 19.1. The molecule has 1 aromatic carbocycles.